The Kier molecular flexibility index (Phi) is 4.63. The number of aromatic nitrogens is 1. The Hall–Kier alpha value is -1.74. The van der Waals surface area contributed by atoms with Gasteiger partial charge >= 0.3 is 0 Å². The van der Waals surface area contributed by atoms with E-state index in [1.54, 1.807) is 12.3 Å². The van der Waals surface area contributed by atoms with E-state index in [1.807, 2.05) is 31.2 Å². The first-order valence-electron chi connectivity index (χ1n) is 6.60. The van der Waals surface area contributed by atoms with Crippen LogP contribution in [0.3, 0.4) is 0 Å². The van der Waals surface area contributed by atoms with Crippen LogP contribution in [0.2, 0.25) is 0 Å². The van der Waals surface area contributed by atoms with Gasteiger partial charge in [0.15, 0.2) is 0 Å². The highest BCUT2D eigenvalue weighted by Crippen LogP contribution is 2.19. The molecule has 1 unspecified atom stereocenters. The smallest absolute Gasteiger partial charge is 0.123 e. The number of hydrogen-bond donors (Lipinski definition) is 1. The van der Waals surface area contributed by atoms with Gasteiger partial charge in [0.05, 0.1) is 11.7 Å². The van der Waals surface area contributed by atoms with Crippen molar-refractivity contribution in [2.75, 3.05) is 6.54 Å². The van der Waals surface area contributed by atoms with Crippen molar-refractivity contribution in [1.82, 2.24) is 10.3 Å². The summed E-state index contributed by atoms with van der Waals surface area (Å²) in [7, 11) is 0. The molecule has 2 nitrogen and oxygen atoms in total. The highest BCUT2D eigenvalue weighted by atomic mass is 19.1. The first kappa shape index (κ1) is 13.7. The lowest BCUT2D eigenvalue weighted by atomic mass is 9.98. The zero-order chi connectivity index (χ0) is 13.7. The van der Waals surface area contributed by atoms with Gasteiger partial charge in [0.2, 0.25) is 0 Å². The molecule has 0 bridgehead atoms. The third-order valence-electron chi connectivity index (χ3n) is 3.22. The third kappa shape index (κ3) is 3.61. The number of pyridine rings is 1. The van der Waals surface area contributed by atoms with E-state index in [-0.39, 0.29) is 11.9 Å². The van der Waals surface area contributed by atoms with Crippen LogP contribution >= 0.6 is 0 Å². The Balaban J connectivity index is 2.21. The van der Waals surface area contributed by atoms with E-state index in [2.05, 4.69) is 17.2 Å². The predicted octanol–water partition coefficient (Wildman–Crippen LogP) is 3.42. The second kappa shape index (κ2) is 6.43. The molecule has 0 aliphatic rings. The fourth-order valence-electron chi connectivity index (χ4n) is 2.22. The number of benzene rings is 1. The van der Waals surface area contributed by atoms with Crippen LogP contribution in [0.25, 0.3) is 0 Å². The molecule has 1 aromatic heterocycles. The summed E-state index contributed by atoms with van der Waals surface area (Å²) in [6, 6.07) is 11.0. The van der Waals surface area contributed by atoms with E-state index in [9.17, 15) is 4.39 Å². The molecule has 2 aromatic rings. The van der Waals surface area contributed by atoms with Gasteiger partial charge in [0, 0.05) is 6.20 Å². The topological polar surface area (TPSA) is 24.9 Å². The maximum Gasteiger partial charge on any atom is 0.123 e. The zero-order valence-corrected chi connectivity index (χ0v) is 11.4. The van der Waals surface area contributed by atoms with Gasteiger partial charge < -0.3 is 5.32 Å². The van der Waals surface area contributed by atoms with Crippen LogP contribution in [0.15, 0.2) is 42.6 Å². The average molecular weight is 258 g/mol. The van der Waals surface area contributed by atoms with Crippen LogP contribution in [-0.4, -0.2) is 11.5 Å². The van der Waals surface area contributed by atoms with Crippen molar-refractivity contribution in [1.29, 1.82) is 0 Å². The fourth-order valence-corrected chi connectivity index (χ4v) is 2.22. The van der Waals surface area contributed by atoms with Crippen molar-refractivity contribution >= 4 is 0 Å². The van der Waals surface area contributed by atoms with Crippen LogP contribution in [0.4, 0.5) is 4.39 Å². The number of nitrogens with zero attached hydrogens (tertiary/aromatic N) is 1. The van der Waals surface area contributed by atoms with Crippen LogP contribution in [0.5, 0.6) is 0 Å². The summed E-state index contributed by atoms with van der Waals surface area (Å²) in [5.74, 6) is -0.181. The van der Waals surface area contributed by atoms with E-state index in [4.69, 9.17) is 0 Å². The van der Waals surface area contributed by atoms with Gasteiger partial charge in [-0.3, -0.25) is 4.98 Å². The first-order chi connectivity index (χ1) is 9.20. The molecule has 2 rings (SSSR count). The number of hydrogen-bond acceptors (Lipinski definition) is 2. The molecule has 0 radical (unpaired) electrons. The molecule has 1 atom stereocenters. The molecule has 0 saturated heterocycles. The predicted molar refractivity (Wildman–Crippen MR) is 75.5 cm³/mol. The normalized spacial score (nSPS) is 12.4. The molecule has 0 saturated carbocycles. The van der Waals surface area contributed by atoms with Gasteiger partial charge in [-0.2, -0.15) is 0 Å². The molecular weight excluding hydrogens is 239 g/mol. The van der Waals surface area contributed by atoms with Gasteiger partial charge in [0.25, 0.3) is 0 Å². The summed E-state index contributed by atoms with van der Waals surface area (Å²) in [5, 5.41) is 3.43. The van der Waals surface area contributed by atoms with Gasteiger partial charge in [-0.15, -0.1) is 0 Å². The van der Waals surface area contributed by atoms with Gasteiger partial charge in [0.1, 0.15) is 5.82 Å². The lowest BCUT2D eigenvalue weighted by molar-refractivity contribution is 0.534. The molecule has 3 heteroatoms. The lowest BCUT2D eigenvalue weighted by Crippen LogP contribution is -2.24. The van der Waals surface area contributed by atoms with Crippen LogP contribution in [0, 0.1) is 12.7 Å². The molecule has 1 N–H and O–H groups in total. The third-order valence-corrected chi connectivity index (χ3v) is 3.22. The minimum atomic E-state index is -0.181. The summed E-state index contributed by atoms with van der Waals surface area (Å²) < 4.78 is 13.1. The van der Waals surface area contributed by atoms with Crippen molar-refractivity contribution in [2.24, 2.45) is 0 Å². The van der Waals surface area contributed by atoms with E-state index < -0.39 is 0 Å². The standard InChI is InChI=1S/C16H19FN2/c1-3-18-16(15-6-4-5-9-19-15)11-13-7-8-14(17)10-12(13)2/h4-10,16,18H,3,11H2,1-2H3. The Labute approximate surface area is 113 Å². The fraction of sp³-hybridized carbons (Fsp3) is 0.312. The molecule has 19 heavy (non-hydrogen) atoms. The van der Waals surface area contributed by atoms with Crippen molar-refractivity contribution in [3.8, 4) is 0 Å². The quantitative estimate of drug-likeness (QED) is 0.888. The van der Waals surface area contributed by atoms with Gasteiger partial charge in [-0.05, 0) is 55.3 Å². The van der Waals surface area contributed by atoms with E-state index in [0.29, 0.717) is 0 Å². The van der Waals surface area contributed by atoms with E-state index in [1.165, 1.54) is 6.07 Å². The SMILES string of the molecule is CCNC(Cc1ccc(F)cc1C)c1ccccn1. The highest BCUT2D eigenvalue weighted by molar-refractivity contribution is 5.28. The number of aryl methyl sites for hydroxylation is 1. The Morgan fingerprint density at radius 2 is 2.11 bits per heavy atom. The maximum absolute atomic E-state index is 13.1. The van der Waals surface area contributed by atoms with Crippen molar-refractivity contribution in [3.05, 3.63) is 65.2 Å². The first-order valence-corrected chi connectivity index (χ1v) is 6.60. The minimum Gasteiger partial charge on any atom is -0.309 e. The van der Waals surface area contributed by atoms with Gasteiger partial charge in [-0.1, -0.05) is 19.1 Å². The second-order valence-electron chi connectivity index (χ2n) is 4.64. The zero-order valence-electron chi connectivity index (χ0n) is 11.4. The molecular formula is C16H19FN2. The molecule has 100 valence electrons. The molecule has 1 heterocycles. The van der Waals surface area contributed by atoms with E-state index in [0.717, 1.165) is 29.8 Å². The average Bonchev–Trinajstić information content (AvgIpc) is 2.42. The maximum atomic E-state index is 13.1. The van der Waals surface area contributed by atoms with Crippen LogP contribution < -0.4 is 5.32 Å². The largest absolute Gasteiger partial charge is 0.309 e. The number of likely N-dealkylation sites (N-methyl/N-ethyl adjacent to an activating group) is 1. The number of nitrogens with one attached hydrogen (secondary N) is 1. The summed E-state index contributed by atoms with van der Waals surface area (Å²) in [6.07, 6.45) is 2.62. The molecule has 0 amide bonds. The van der Waals surface area contributed by atoms with Crippen molar-refractivity contribution in [3.63, 3.8) is 0 Å². The molecule has 0 spiro atoms. The molecule has 0 aliphatic carbocycles. The van der Waals surface area contributed by atoms with Crippen LogP contribution in [-0.2, 0) is 6.42 Å². The van der Waals surface area contributed by atoms with Crippen LogP contribution in [0.1, 0.15) is 29.8 Å². The highest BCUT2D eigenvalue weighted by Gasteiger charge is 2.13. The number of rotatable bonds is 5. The van der Waals surface area contributed by atoms with E-state index >= 15 is 0 Å². The Morgan fingerprint density at radius 1 is 1.26 bits per heavy atom. The molecule has 0 fully saturated rings. The number of halogens is 1. The monoisotopic (exact) mass is 258 g/mol. The summed E-state index contributed by atoms with van der Waals surface area (Å²) in [4.78, 5) is 4.40. The minimum absolute atomic E-state index is 0.162. The van der Waals surface area contributed by atoms with Crippen molar-refractivity contribution < 1.29 is 4.39 Å². The lowest BCUT2D eigenvalue weighted by Gasteiger charge is -2.18. The Bertz CT molecular complexity index is 526. The summed E-state index contributed by atoms with van der Waals surface area (Å²) in [5.41, 5.74) is 3.16. The second-order valence-corrected chi connectivity index (χ2v) is 4.64. The summed E-state index contributed by atoms with van der Waals surface area (Å²) >= 11 is 0. The molecule has 1 aromatic carbocycles. The molecule has 0 aliphatic heterocycles. The summed E-state index contributed by atoms with van der Waals surface area (Å²) in [6.45, 7) is 4.90. The Morgan fingerprint density at radius 3 is 2.74 bits per heavy atom. The van der Waals surface area contributed by atoms with Gasteiger partial charge in [-0.25, -0.2) is 4.39 Å². The van der Waals surface area contributed by atoms with Crippen molar-refractivity contribution in [2.45, 2.75) is 26.3 Å².